The summed E-state index contributed by atoms with van der Waals surface area (Å²) in [6.07, 6.45) is 18.9. The Bertz CT molecular complexity index is 145. The fourth-order valence-electron chi connectivity index (χ4n) is 2.41. The number of alkyl halides is 1. The van der Waals surface area contributed by atoms with E-state index in [-0.39, 0.29) is 0 Å². The Hall–Kier alpha value is 0.480. The van der Waals surface area contributed by atoms with Crippen LogP contribution in [0.2, 0.25) is 0 Å². The molecule has 0 spiro atoms. The number of halogens is 1. The van der Waals surface area contributed by atoms with E-state index in [1.807, 2.05) is 0 Å². The molecule has 0 N–H and O–H groups in total. The molecule has 0 rings (SSSR count). The maximum absolute atomic E-state index is 3.55. The second kappa shape index (κ2) is 15.5. The molecule has 1 atom stereocenters. The smallest absolute Gasteiger partial charge is 0.00570 e. The van der Waals surface area contributed by atoms with Crippen LogP contribution in [0.15, 0.2) is 0 Å². The van der Waals surface area contributed by atoms with Gasteiger partial charge in [-0.25, -0.2) is 0 Å². The zero-order valence-electron chi connectivity index (χ0n) is 12.9. The molecule has 18 heavy (non-hydrogen) atoms. The minimum absolute atomic E-state index is 0.869. The summed E-state index contributed by atoms with van der Waals surface area (Å²) >= 11 is 3.55. The van der Waals surface area contributed by atoms with Gasteiger partial charge in [0.2, 0.25) is 0 Å². The van der Waals surface area contributed by atoms with Crippen LogP contribution in [0.4, 0.5) is 0 Å². The first kappa shape index (κ1) is 18.5. The molecule has 0 heterocycles. The van der Waals surface area contributed by atoms with Crippen molar-refractivity contribution in [3.05, 3.63) is 0 Å². The van der Waals surface area contributed by atoms with Crippen LogP contribution >= 0.6 is 15.9 Å². The van der Waals surface area contributed by atoms with Crippen molar-refractivity contribution >= 4 is 15.9 Å². The number of unbranched alkanes of at least 4 members (excludes halogenated alkanes) is 11. The van der Waals surface area contributed by atoms with E-state index in [2.05, 4.69) is 29.8 Å². The minimum Gasteiger partial charge on any atom is -0.0925 e. The van der Waals surface area contributed by atoms with Gasteiger partial charge in [-0.3, -0.25) is 0 Å². The molecular formula is C17H35Br. The highest BCUT2D eigenvalue weighted by Gasteiger charge is 1.98. The van der Waals surface area contributed by atoms with Crippen molar-refractivity contribution in [2.75, 3.05) is 5.33 Å². The molecule has 0 amide bonds. The predicted molar refractivity (Wildman–Crippen MR) is 88.7 cm³/mol. The molecule has 110 valence electrons. The number of rotatable bonds is 14. The second-order valence-electron chi connectivity index (χ2n) is 5.94. The fraction of sp³-hybridized carbons (Fsp3) is 1.00. The van der Waals surface area contributed by atoms with Gasteiger partial charge in [0.1, 0.15) is 0 Å². The van der Waals surface area contributed by atoms with Gasteiger partial charge in [-0.1, -0.05) is 107 Å². The first-order valence-electron chi connectivity index (χ1n) is 8.37. The van der Waals surface area contributed by atoms with Crippen LogP contribution in [0.25, 0.3) is 0 Å². The lowest BCUT2D eigenvalue weighted by molar-refractivity contribution is 0.508. The van der Waals surface area contributed by atoms with Gasteiger partial charge in [0, 0.05) is 5.33 Å². The molecular weight excluding hydrogens is 284 g/mol. The summed E-state index contributed by atoms with van der Waals surface area (Å²) in [5.41, 5.74) is 0. The minimum atomic E-state index is 0.869. The molecule has 0 aliphatic rings. The fourth-order valence-corrected chi connectivity index (χ4v) is 2.73. The van der Waals surface area contributed by atoms with Gasteiger partial charge < -0.3 is 0 Å². The number of hydrogen-bond acceptors (Lipinski definition) is 0. The quantitative estimate of drug-likeness (QED) is 0.236. The third-order valence-corrected chi connectivity index (χ3v) is 4.92. The number of hydrogen-bond donors (Lipinski definition) is 0. The van der Waals surface area contributed by atoms with Gasteiger partial charge in [-0.15, -0.1) is 0 Å². The summed E-state index contributed by atoms with van der Waals surface area (Å²) in [5, 5.41) is 1.17. The monoisotopic (exact) mass is 318 g/mol. The predicted octanol–water partition coefficient (Wildman–Crippen LogP) is 7.11. The SMILES string of the molecule is CCCCCCCCCCCCCC[C@H](C)CBr. The van der Waals surface area contributed by atoms with Crippen LogP contribution < -0.4 is 0 Å². The topological polar surface area (TPSA) is 0 Å². The average molecular weight is 319 g/mol. The molecule has 0 aromatic heterocycles. The Kier molecular flexibility index (Phi) is 16.0. The van der Waals surface area contributed by atoms with Gasteiger partial charge >= 0.3 is 0 Å². The Morgan fingerprint density at radius 1 is 0.667 bits per heavy atom. The molecule has 0 aromatic rings. The summed E-state index contributed by atoms with van der Waals surface area (Å²) in [4.78, 5) is 0. The van der Waals surface area contributed by atoms with Crippen LogP contribution in [0.3, 0.4) is 0 Å². The molecule has 0 bridgehead atoms. The maximum Gasteiger partial charge on any atom is 0.00570 e. The molecule has 0 aliphatic carbocycles. The van der Waals surface area contributed by atoms with Crippen molar-refractivity contribution in [3.8, 4) is 0 Å². The summed E-state index contributed by atoms with van der Waals surface area (Å²) in [6, 6.07) is 0. The molecule has 0 nitrogen and oxygen atoms in total. The summed E-state index contributed by atoms with van der Waals surface area (Å²) in [5.74, 6) is 0.869. The maximum atomic E-state index is 3.55. The Labute approximate surface area is 124 Å². The third kappa shape index (κ3) is 14.5. The highest BCUT2D eigenvalue weighted by Crippen LogP contribution is 2.15. The van der Waals surface area contributed by atoms with E-state index in [1.165, 1.54) is 88.8 Å². The molecule has 0 radical (unpaired) electrons. The van der Waals surface area contributed by atoms with E-state index >= 15 is 0 Å². The molecule has 0 saturated heterocycles. The van der Waals surface area contributed by atoms with Crippen molar-refractivity contribution in [2.45, 2.75) is 97.3 Å². The van der Waals surface area contributed by atoms with Crippen molar-refractivity contribution in [1.82, 2.24) is 0 Å². The van der Waals surface area contributed by atoms with E-state index in [1.54, 1.807) is 0 Å². The van der Waals surface area contributed by atoms with Crippen molar-refractivity contribution in [3.63, 3.8) is 0 Å². The first-order chi connectivity index (χ1) is 8.81. The average Bonchev–Trinajstić information content (AvgIpc) is 2.39. The first-order valence-corrected chi connectivity index (χ1v) is 9.49. The van der Waals surface area contributed by atoms with Crippen molar-refractivity contribution in [2.24, 2.45) is 5.92 Å². The summed E-state index contributed by atoms with van der Waals surface area (Å²) in [7, 11) is 0. The van der Waals surface area contributed by atoms with Crippen LogP contribution in [0.5, 0.6) is 0 Å². The standard InChI is InChI=1S/C17H35Br/c1-3-4-5-6-7-8-9-10-11-12-13-14-15-17(2)16-18/h17H,3-16H2,1-2H3/t17-/m0/s1. The van der Waals surface area contributed by atoms with Gasteiger partial charge in [0.05, 0.1) is 0 Å². The molecule has 0 unspecified atom stereocenters. The zero-order chi connectivity index (χ0) is 13.5. The van der Waals surface area contributed by atoms with Gasteiger partial charge in [-0.05, 0) is 12.3 Å². The molecule has 1 heteroatoms. The summed E-state index contributed by atoms with van der Waals surface area (Å²) < 4.78 is 0. The van der Waals surface area contributed by atoms with Crippen LogP contribution in [0, 0.1) is 5.92 Å². The van der Waals surface area contributed by atoms with Gasteiger partial charge in [-0.2, -0.15) is 0 Å². The largest absolute Gasteiger partial charge is 0.0925 e. The Morgan fingerprint density at radius 3 is 1.44 bits per heavy atom. The molecule has 0 fully saturated rings. The van der Waals surface area contributed by atoms with E-state index in [9.17, 15) is 0 Å². The van der Waals surface area contributed by atoms with Gasteiger partial charge in [0.25, 0.3) is 0 Å². The van der Waals surface area contributed by atoms with E-state index in [0.717, 1.165) is 5.92 Å². The van der Waals surface area contributed by atoms with Crippen molar-refractivity contribution in [1.29, 1.82) is 0 Å². The lowest BCUT2D eigenvalue weighted by atomic mass is 10.0. The molecule has 0 aliphatic heterocycles. The van der Waals surface area contributed by atoms with Gasteiger partial charge in [0.15, 0.2) is 0 Å². The lowest BCUT2D eigenvalue weighted by Crippen LogP contribution is -1.94. The lowest BCUT2D eigenvalue weighted by Gasteiger charge is -2.06. The van der Waals surface area contributed by atoms with Crippen molar-refractivity contribution < 1.29 is 0 Å². The second-order valence-corrected chi connectivity index (χ2v) is 6.58. The van der Waals surface area contributed by atoms with Crippen LogP contribution in [-0.4, -0.2) is 5.33 Å². The van der Waals surface area contributed by atoms with E-state index < -0.39 is 0 Å². The zero-order valence-corrected chi connectivity index (χ0v) is 14.4. The highest BCUT2D eigenvalue weighted by molar-refractivity contribution is 9.09. The third-order valence-electron chi connectivity index (χ3n) is 3.81. The van der Waals surface area contributed by atoms with E-state index in [0.29, 0.717) is 0 Å². The Morgan fingerprint density at radius 2 is 1.06 bits per heavy atom. The highest BCUT2D eigenvalue weighted by atomic mass is 79.9. The van der Waals surface area contributed by atoms with Crippen LogP contribution in [-0.2, 0) is 0 Å². The molecule has 0 saturated carbocycles. The Balaban J connectivity index is 2.94. The van der Waals surface area contributed by atoms with E-state index in [4.69, 9.17) is 0 Å². The summed E-state index contributed by atoms with van der Waals surface area (Å²) in [6.45, 7) is 4.63. The normalized spacial score (nSPS) is 12.8. The van der Waals surface area contributed by atoms with Crippen LogP contribution in [0.1, 0.15) is 97.3 Å². The molecule has 0 aromatic carbocycles.